The Kier molecular flexibility index (Phi) is 4.88. The van der Waals surface area contributed by atoms with Crippen LogP contribution < -0.4 is 0 Å². The summed E-state index contributed by atoms with van der Waals surface area (Å²) in [6.45, 7) is 4.68. The van der Waals surface area contributed by atoms with Crippen molar-refractivity contribution in [2.45, 2.75) is 25.7 Å². The van der Waals surface area contributed by atoms with Gasteiger partial charge in [0.05, 0.1) is 0 Å². The smallest absolute Gasteiger partial charge is 0.0346 e. The van der Waals surface area contributed by atoms with Crippen LogP contribution in [0, 0.1) is 0 Å². The zero-order valence-electron chi connectivity index (χ0n) is 19.5. The van der Waals surface area contributed by atoms with Crippen molar-refractivity contribution in [2.75, 3.05) is 0 Å². The molecule has 0 fully saturated rings. The van der Waals surface area contributed by atoms with Gasteiger partial charge in [0.1, 0.15) is 0 Å². The van der Waals surface area contributed by atoms with Crippen molar-refractivity contribution >= 4 is 5.57 Å². The Bertz CT molecular complexity index is 1410. The molecule has 0 saturated heterocycles. The first-order valence-corrected chi connectivity index (χ1v) is 11.8. The maximum atomic E-state index is 4.35. The monoisotopic (exact) mass is 438 g/mol. The third-order valence-corrected chi connectivity index (χ3v) is 7.04. The maximum Gasteiger partial charge on any atom is 0.0346 e. The van der Waals surface area contributed by atoms with E-state index < -0.39 is 0 Å². The molecule has 0 saturated carbocycles. The van der Waals surface area contributed by atoms with Gasteiger partial charge in [0, 0.05) is 41.3 Å². The second-order valence-corrected chi connectivity index (χ2v) is 9.54. The molecule has 2 aliphatic carbocycles. The fourth-order valence-corrected chi connectivity index (χ4v) is 5.23. The van der Waals surface area contributed by atoms with Gasteiger partial charge in [-0.05, 0) is 87.3 Å². The summed E-state index contributed by atoms with van der Waals surface area (Å²) in [5.74, 6) is 0. The molecule has 2 nitrogen and oxygen atoms in total. The molecule has 0 aliphatic heterocycles. The molecule has 0 spiro atoms. The van der Waals surface area contributed by atoms with E-state index in [-0.39, 0.29) is 5.41 Å². The summed E-state index contributed by atoms with van der Waals surface area (Å²) < 4.78 is 0. The van der Waals surface area contributed by atoms with Crippen LogP contribution in [0.15, 0.2) is 115 Å². The summed E-state index contributed by atoms with van der Waals surface area (Å²) in [6, 6.07) is 22.0. The molecule has 2 heterocycles. The van der Waals surface area contributed by atoms with Crippen LogP contribution in [-0.4, -0.2) is 9.97 Å². The van der Waals surface area contributed by atoms with Gasteiger partial charge in [0.25, 0.3) is 0 Å². The summed E-state index contributed by atoms with van der Waals surface area (Å²) in [5.41, 5.74) is 12.4. The average molecular weight is 439 g/mol. The lowest BCUT2D eigenvalue weighted by Crippen LogP contribution is -2.16. The minimum atomic E-state index is -0.0288. The summed E-state index contributed by atoms with van der Waals surface area (Å²) in [7, 11) is 0. The highest BCUT2D eigenvalue weighted by Gasteiger charge is 2.36. The lowest BCUT2D eigenvalue weighted by molar-refractivity contribution is 0.654. The molecule has 0 radical (unpaired) electrons. The van der Waals surface area contributed by atoms with Crippen LogP contribution in [0.4, 0.5) is 0 Å². The topological polar surface area (TPSA) is 25.8 Å². The number of hydrogen-bond acceptors (Lipinski definition) is 2. The number of benzene rings is 2. The molecule has 2 aliphatic rings. The maximum absolute atomic E-state index is 4.35. The number of allylic oxidation sites excluding steroid dienone is 6. The number of pyridine rings is 2. The Balaban J connectivity index is 1.52. The molecule has 6 rings (SSSR count). The van der Waals surface area contributed by atoms with Gasteiger partial charge >= 0.3 is 0 Å². The van der Waals surface area contributed by atoms with Gasteiger partial charge in [0.2, 0.25) is 0 Å². The van der Waals surface area contributed by atoms with Crippen LogP contribution in [0.5, 0.6) is 0 Å². The average Bonchev–Trinajstić information content (AvgIpc) is 3.05. The summed E-state index contributed by atoms with van der Waals surface area (Å²) in [6.07, 6.45) is 17.6. The Hall–Kier alpha value is -4.04. The van der Waals surface area contributed by atoms with E-state index in [1.165, 1.54) is 33.4 Å². The Morgan fingerprint density at radius 1 is 0.647 bits per heavy atom. The zero-order valence-corrected chi connectivity index (χ0v) is 19.5. The van der Waals surface area contributed by atoms with Gasteiger partial charge in [-0.3, -0.25) is 9.97 Å². The minimum Gasteiger partial charge on any atom is -0.264 e. The van der Waals surface area contributed by atoms with E-state index in [1.54, 1.807) is 0 Å². The molecule has 0 bridgehead atoms. The highest BCUT2D eigenvalue weighted by Crippen LogP contribution is 2.49. The molecule has 2 heteroatoms. The molecular formula is C32H26N2. The number of hydrogen-bond donors (Lipinski definition) is 0. The van der Waals surface area contributed by atoms with E-state index in [2.05, 4.69) is 96.7 Å². The van der Waals surface area contributed by atoms with Crippen molar-refractivity contribution in [3.05, 3.63) is 126 Å². The van der Waals surface area contributed by atoms with Crippen molar-refractivity contribution in [3.8, 4) is 33.4 Å². The van der Waals surface area contributed by atoms with E-state index in [4.69, 9.17) is 0 Å². The normalized spacial score (nSPS) is 15.7. The molecule has 164 valence electrons. The van der Waals surface area contributed by atoms with Gasteiger partial charge in [-0.25, -0.2) is 0 Å². The first-order chi connectivity index (χ1) is 16.6. The molecule has 34 heavy (non-hydrogen) atoms. The zero-order chi connectivity index (χ0) is 23.1. The second kappa shape index (κ2) is 8.07. The first kappa shape index (κ1) is 20.6. The van der Waals surface area contributed by atoms with E-state index in [0.29, 0.717) is 0 Å². The lowest BCUT2D eigenvalue weighted by atomic mass is 9.80. The van der Waals surface area contributed by atoms with Gasteiger partial charge in [-0.2, -0.15) is 0 Å². The number of nitrogens with zero attached hydrogens (tertiary/aromatic N) is 2. The predicted octanol–water partition coefficient (Wildman–Crippen LogP) is 8.04. The molecule has 4 aromatic rings. The highest BCUT2D eigenvalue weighted by molar-refractivity contribution is 5.90. The standard InChI is InChI=1S/C32H26N2/c1-32(2)30-11-5-3-4-10-28(30)29-13-12-22(19-31(29)32)25-16-26(23-8-6-14-33-20-23)18-27(17-25)24-9-7-15-34-21-24/h4-21H,3H2,1-2H3. The Morgan fingerprint density at radius 2 is 1.26 bits per heavy atom. The summed E-state index contributed by atoms with van der Waals surface area (Å²) >= 11 is 0. The lowest BCUT2D eigenvalue weighted by Gasteiger charge is -2.23. The van der Waals surface area contributed by atoms with Gasteiger partial charge < -0.3 is 0 Å². The van der Waals surface area contributed by atoms with E-state index in [0.717, 1.165) is 28.7 Å². The van der Waals surface area contributed by atoms with Crippen LogP contribution in [-0.2, 0) is 5.41 Å². The van der Waals surface area contributed by atoms with Crippen molar-refractivity contribution in [1.82, 2.24) is 9.97 Å². The largest absolute Gasteiger partial charge is 0.264 e. The molecule has 2 aromatic carbocycles. The molecule has 0 atom stereocenters. The fourth-order valence-electron chi connectivity index (χ4n) is 5.23. The van der Waals surface area contributed by atoms with Crippen LogP contribution in [0.1, 0.15) is 31.4 Å². The van der Waals surface area contributed by atoms with Crippen LogP contribution in [0.2, 0.25) is 0 Å². The third kappa shape index (κ3) is 3.43. The molecule has 0 amide bonds. The van der Waals surface area contributed by atoms with E-state index in [9.17, 15) is 0 Å². The predicted molar refractivity (Wildman–Crippen MR) is 141 cm³/mol. The molecular weight excluding hydrogens is 412 g/mol. The van der Waals surface area contributed by atoms with E-state index in [1.807, 2.05) is 36.9 Å². The van der Waals surface area contributed by atoms with Crippen LogP contribution in [0.3, 0.4) is 0 Å². The highest BCUT2D eigenvalue weighted by atomic mass is 14.6. The molecule has 0 N–H and O–H groups in total. The van der Waals surface area contributed by atoms with Gasteiger partial charge in [0.15, 0.2) is 0 Å². The van der Waals surface area contributed by atoms with Crippen molar-refractivity contribution in [2.24, 2.45) is 0 Å². The quantitative estimate of drug-likeness (QED) is 0.323. The first-order valence-electron chi connectivity index (χ1n) is 11.8. The Labute approximate surface area is 201 Å². The molecule has 2 aromatic heterocycles. The SMILES string of the molecule is CC1(C)C2=C(C=CCC=C2)c2ccc(-c3cc(-c4cccnc4)cc(-c4cccnc4)c3)cc21. The van der Waals surface area contributed by atoms with E-state index >= 15 is 0 Å². The van der Waals surface area contributed by atoms with Crippen LogP contribution >= 0.6 is 0 Å². The van der Waals surface area contributed by atoms with Gasteiger partial charge in [-0.15, -0.1) is 0 Å². The number of fused-ring (bicyclic) bond motifs is 2. The fraction of sp³-hybridized carbons (Fsp3) is 0.125. The van der Waals surface area contributed by atoms with Crippen LogP contribution in [0.25, 0.3) is 39.0 Å². The minimum absolute atomic E-state index is 0.0288. The summed E-state index contributed by atoms with van der Waals surface area (Å²) in [5, 5.41) is 0. The summed E-state index contributed by atoms with van der Waals surface area (Å²) in [4.78, 5) is 8.70. The number of rotatable bonds is 3. The third-order valence-electron chi connectivity index (χ3n) is 7.04. The van der Waals surface area contributed by atoms with Gasteiger partial charge in [-0.1, -0.05) is 62.4 Å². The van der Waals surface area contributed by atoms with Crippen molar-refractivity contribution in [3.63, 3.8) is 0 Å². The Morgan fingerprint density at radius 3 is 1.88 bits per heavy atom. The van der Waals surface area contributed by atoms with Crippen molar-refractivity contribution in [1.29, 1.82) is 0 Å². The second-order valence-electron chi connectivity index (χ2n) is 9.54. The number of aromatic nitrogens is 2. The van der Waals surface area contributed by atoms with Crippen molar-refractivity contribution < 1.29 is 0 Å². The molecule has 0 unspecified atom stereocenters.